The van der Waals surface area contributed by atoms with Gasteiger partial charge in [-0.25, -0.2) is 0 Å². The van der Waals surface area contributed by atoms with Crippen molar-refractivity contribution in [3.8, 4) is 0 Å². The maximum absolute atomic E-state index is 8.70. The van der Waals surface area contributed by atoms with Crippen LogP contribution in [0.1, 0.15) is 13.8 Å². The summed E-state index contributed by atoms with van der Waals surface area (Å²) < 4.78 is 8.70. The van der Waals surface area contributed by atoms with E-state index in [9.17, 15) is 0 Å². The number of hydrogen-bond acceptors (Lipinski definition) is 1. The quantitative estimate of drug-likeness (QED) is 0.419. The van der Waals surface area contributed by atoms with Crippen LogP contribution in [0.5, 0.6) is 0 Å². The molecule has 0 saturated carbocycles. The second-order valence-electron chi connectivity index (χ2n) is 0.253. The Balaban J connectivity index is -0.0000000480. The first-order valence-electron chi connectivity index (χ1n) is 1.58. The van der Waals surface area contributed by atoms with E-state index in [1.807, 2.05) is 13.8 Å². The van der Waals surface area contributed by atoms with Crippen molar-refractivity contribution in [2.24, 2.45) is 0 Å². The van der Waals surface area contributed by atoms with Gasteiger partial charge in [0, 0.05) is 21.6 Å². The van der Waals surface area contributed by atoms with Gasteiger partial charge in [0.25, 0.3) is 0 Å². The SMILES string of the molecule is CC.O=[P+](O)O.[Cu]. The zero-order valence-electron chi connectivity index (χ0n) is 4.05. The summed E-state index contributed by atoms with van der Waals surface area (Å²) in [6.45, 7) is 4.00. The van der Waals surface area contributed by atoms with Gasteiger partial charge in [0.15, 0.2) is 0 Å². The largest absolute Gasteiger partial charge is 0.692 e. The molecule has 0 aromatic carbocycles. The first kappa shape index (κ1) is 15.6. The van der Waals surface area contributed by atoms with Gasteiger partial charge in [0.2, 0.25) is 0 Å². The molecular formula is C2H8CuO3P+. The average molecular weight is 175 g/mol. The first-order chi connectivity index (χ1) is 2.73. The van der Waals surface area contributed by atoms with E-state index in [0.717, 1.165) is 0 Å². The Labute approximate surface area is 54.2 Å². The molecule has 0 aliphatic rings. The summed E-state index contributed by atoms with van der Waals surface area (Å²) in [6, 6.07) is 0. The van der Waals surface area contributed by atoms with E-state index in [1.54, 1.807) is 0 Å². The van der Waals surface area contributed by atoms with Gasteiger partial charge < -0.3 is 0 Å². The van der Waals surface area contributed by atoms with E-state index in [4.69, 9.17) is 14.4 Å². The fraction of sp³-hybridized carbons (Fsp3) is 1.00. The minimum absolute atomic E-state index is 0. The molecule has 0 aliphatic carbocycles. The van der Waals surface area contributed by atoms with Crippen molar-refractivity contribution in [3.63, 3.8) is 0 Å². The van der Waals surface area contributed by atoms with Gasteiger partial charge >= 0.3 is 8.25 Å². The van der Waals surface area contributed by atoms with Crippen LogP contribution in [0.2, 0.25) is 0 Å². The molecule has 0 fully saturated rings. The van der Waals surface area contributed by atoms with Crippen molar-refractivity contribution in [2.45, 2.75) is 13.8 Å². The van der Waals surface area contributed by atoms with Crippen molar-refractivity contribution in [1.29, 1.82) is 0 Å². The van der Waals surface area contributed by atoms with Gasteiger partial charge in [0.05, 0.1) is 0 Å². The number of rotatable bonds is 0. The zero-order valence-corrected chi connectivity index (χ0v) is 5.89. The molecule has 2 N–H and O–H groups in total. The molecule has 5 heteroatoms. The van der Waals surface area contributed by atoms with Gasteiger partial charge in [0.1, 0.15) is 0 Å². The standard InChI is InChI=1S/C2H6.Cu.HO3P/c1-2;;1-4(2)3/h1-2H3;;(H-,1,2,3)/p+1. The molecule has 0 rings (SSSR count). The van der Waals surface area contributed by atoms with Crippen LogP contribution in [0.15, 0.2) is 0 Å². The molecule has 0 heterocycles. The molecule has 0 amide bonds. The predicted molar refractivity (Wildman–Crippen MR) is 23.4 cm³/mol. The molecule has 49 valence electrons. The molecule has 1 radical (unpaired) electrons. The third-order valence-corrected chi connectivity index (χ3v) is 0. The van der Waals surface area contributed by atoms with E-state index < -0.39 is 8.25 Å². The van der Waals surface area contributed by atoms with Crippen molar-refractivity contribution in [1.82, 2.24) is 0 Å². The smallest absolute Gasteiger partial charge is 0.134 e. The summed E-state index contributed by atoms with van der Waals surface area (Å²) in [7, 11) is -2.87. The summed E-state index contributed by atoms with van der Waals surface area (Å²) in [5.74, 6) is 0. The van der Waals surface area contributed by atoms with Crippen molar-refractivity contribution in [3.05, 3.63) is 0 Å². The van der Waals surface area contributed by atoms with Crippen LogP contribution in [0.25, 0.3) is 0 Å². The third kappa shape index (κ3) is 463. The Kier molecular flexibility index (Phi) is 35.8. The normalized spacial score (nSPS) is 4.57. The molecular weight excluding hydrogens is 167 g/mol. The van der Waals surface area contributed by atoms with Gasteiger partial charge in [-0.05, 0) is 0 Å². The van der Waals surface area contributed by atoms with Gasteiger partial charge in [-0.2, -0.15) is 0 Å². The second kappa shape index (κ2) is 16.0. The molecule has 7 heavy (non-hydrogen) atoms. The molecule has 3 nitrogen and oxygen atoms in total. The Bertz CT molecular complexity index is 35.9. The fourth-order valence-corrected chi connectivity index (χ4v) is 0. The fourth-order valence-electron chi connectivity index (χ4n) is 0. The van der Waals surface area contributed by atoms with Gasteiger partial charge in [-0.1, -0.05) is 13.8 Å². The molecule has 0 unspecified atom stereocenters. The van der Waals surface area contributed by atoms with E-state index in [2.05, 4.69) is 0 Å². The van der Waals surface area contributed by atoms with Crippen LogP contribution < -0.4 is 0 Å². The molecule has 0 atom stereocenters. The molecule has 0 aromatic heterocycles. The van der Waals surface area contributed by atoms with Crippen LogP contribution >= 0.6 is 8.25 Å². The summed E-state index contributed by atoms with van der Waals surface area (Å²) in [6.07, 6.45) is 0. The molecule has 0 aromatic rings. The van der Waals surface area contributed by atoms with Gasteiger partial charge in [-0.15, -0.1) is 9.79 Å². The van der Waals surface area contributed by atoms with Crippen LogP contribution in [-0.2, 0) is 21.6 Å². The zero-order chi connectivity index (χ0) is 5.58. The molecule has 0 bridgehead atoms. The Morgan fingerprint density at radius 1 is 1.29 bits per heavy atom. The maximum Gasteiger partial charge on any atom is 0.692 e. The summed E-state index contributed by atoms with van der Waals surface area (Å²) in [5.41, 5.74) is 0. The van der Waals surface area contributed by atoms with E-state index in [1.165, 1.54) is 0 Å². The van der Waals surface area contributed by atoms with Crippen molar-refractivity contribution < 1.29 is 31.4 Å². The van der Waals surface area contributed by atoms with Crippen LogP contribution in [0, 0.1) is 0 Å². The van der Waals surface area contributed by atoms with Gasteiger partial charge in [-0.3, -0.25) is 0 Å². The second-order valence-corrected chi connectivity index (χ2v) is 0.758. The average Bonchev–Trinajstić information content (AvgIpc) is 1.41. The van der Waals surface area contributed by atoms with Crippen molar-refractivity contribution in [2.75, 3.05) is 0 Å². The predicted octanol–water partition coefficient (Wildman–Crippen LogP) is 0.652. The minimum atomic E-state index is -2.87. The van der Waals surface area contributed by atoms with E-state index in [0.29, 0.717) is 0 Å². The summed E-state index contributed by atoms with van der Waals surface area (Å²) in [4.78, 5) is 14.2. The monoisotopic (exact) mass is 174 g/mol. The van der Waals surface area contributed by atoms with Crippen molar-refractivity contribution >= 4 is 8.25 Å². The molecule has 0 spiro atoms. The van der Waals surface area contributed by atoms with Crippen LogP contribution in [0.4, 0.5) is 0 Å². The Hall–Kier alpha value is 0.539. The van der Waals surface area contributed by atoms with E-state index in [-0.39, 0.29) is 17.1 Å². The molecule has 0 aliphatic heterocycles. The first-order valence-corrected chi connectivity index (χ1v) is 2.75. The Morgan fingerprint density at radius 2 is 1.29 bits per heavy atom. The van der Waals surface area contributed by atoms with Crippen LogP contribution in [-0.4, -0.2) is 9.79 Å². The summed E-state index contributed by atoms with van der Waals surface area (Å²) >= 11 is 0. The Morgan fingerprint density at radius 3 is 1.29 bits per heavy atom. The molecule has 0 saturated heterocycles. The van der Waals surface area contributed by atoms with E-state index >= 15 is 0 Å². The number of hydrogen-bond donors (Lipinski definition) is 2. The maximum atomic E-state index is 8.70. The topological polar surface area (TPSA) is 57.5 Å². The van der Waals surface area contributed by atoms with Crippen LogP contribution in [0.3, 0.4) is 0 Å². The third-order valence-electron chi connectivity index (χ3n) is 0. The minimum Gasteiger partial charge on any atom is -0.134 e. The summed E-state index contributed by atoms with van der Waals surface area (Å²) in [5, 5.41) is 0.